The van der Waals surface area contributed by atoms with Crippen LogP contribution in [0.2, 0.25) is 5.02 Å². The molecule has 0 aliphatic carbocycles. The third-order valence-corrected chi connectivity index (χ3v) is 7.74. The number of nitrogens with zero attached hydrogens (tertiary/aromatic N) is 3. The van der Waals surface area contributed by atoms with Crippen LogP contribution in [0.3, 0.4) is 0 Å². The van der Waals surface area contributed by atoms with Gasteiger partial charge in [-0.1, -0.05) is 23.7 Å². The number of benzene rings is 2. The summed E-state index contributed by atoms with van der Waals surface area (Å²) in [5.41, 5.74) is 3.18. The highest BCUT2D eigenvalue weighted by atomic mass is 35.5. The zero-order valence-corrected chi connectivity index (χ0v) is 19.9. The maximum absolute atomic E-state index is 13.3. The molecule has 0 spiro atoms. The number of hydrogen-bond acceptors (Lipinski definition) is 7. The molecule has 34 heavy (non-hydrogen) atoms. The van der Waals surface area contributed by atoms with Crippen LogP contribution < -0.4 is 15.6 Å². The molecule has 0 saturated carbocycles. The third-order valence-electron chi connectivity index (χ3n) is 6.33. The van der Waals surface area contributed by atoms with E-state index in [0.717, 1.165) is 47.1 Å². The molecule has 1 unspecified atom stereocenters. The molecule has 0 radical (unpaired) electrons. The molecule has 2 aliphatic heterocycles. The number of fused-ring (bicyclic) bond motifs is 2. The lowest BCUT2D eigenvalue weighted by atomic mass is 10.2. The van der Waals surface area contributed by atoms with Crippen LogP contribution in [0.25, 0.3) is 26.3 Å². The van der Waals surface area contributed by atoms with Crippen molar-refractivity contribution >= 4 is 38.8 Å². The van der Waals surface area contributed by atoms with E-state index in [1.54, 1.807) is 10.9 Å². The van der Waals surface area contributed by atoms with Gasteiger partial charge in [0.05, 0.1) is 29.5 Å². The molecule has 4 aromatic rings. The first-order chi connectivity index (χ1) is 16.5. The number of hydrogen-bond donors (Lipinski definition) is 2. The number of rotatable bonds is 4. The van der Waals surface area contributed by atoms with E-state index in [4.69, 9.17) is 16.3 Å². The first-order valence-electron chi connectivity index (χ1n) is 11.3. The lowest BCUT2D eigenvalue weighted by Crippen LogP contribution is -2.41. The van der Waals surface area contributed by atoms with Crippen LogP contribution in [-0.2, 0) is 0 Å². The Hall–Kier alpha value is -2.91. The fourth-order valence-electron chi connectivity index (χ4n) is 4.57. The Balaban J connectivity index is 1.26. The lowest BCUT2D eigenvalue weighted by molar-refractivity contribution is 0.132. The van der Waals surface area contributed by atoms with Crippen LogP contribution in [0.4, 0.5) is 5.69 Å². The number of nitrogens with one attached hydrogen (secondary N) is 1. The van der Waals surface area contributed by atoms with Crippen molar-refractivity contribution in [3.8, 4) is 21.9 Å². The minimum Gasteiger partial charge on any atom is -0.485 e. The molecule has 7 nitrogen and oxygen atoms in total. The number of thiophene rings is 1. The van der Waals surface area contributed by atoms with Gasteiger partial charge in [-0.3, -0.25) is 14.3 Å². The van der Waals surface area contributed by atoms with Crippen molar-refractivity contribution in [1.29, 1.82) is 0 Å². The highest BCUT2D eigenvalue weighted by molar-refractivity contribution is 7.22. The molecule has 1 fully saturated rings. The van der Waals surface area contributed by atoms with Crippen LogP contribution in [-0.4, -0.2) is 57.9 Å². The second-order valence-corrected chi connectivity index (χ2v) is 10.2. The number of likely N-dealkylation sites (tertiary alicyclic amines) is 1. The Morgan fingerprint density at radius 1 is 1.21 bits per heavy atom. The van der Waals surface area contributed by atoms with E-state index in [1.165, 1.54) is 11.3 Å². The minimum absolute atomic E-state index is 0.0156. The molecule has 6 rings (SSSR count). The van der Waals surface area contributed by atoms with Gasteiger partial charge in [-0.2, -0.15) is 0 Å². The van der Waals surface area contributed by atoms with Gasteiger partial charge in [0.25, 0.3) is 5.56 Å². The van der Waals surface area contributed by atoms with Crippen molar-refractivity contribution in [2.45, 2.75) is 18.6 Å². The molecule has 4 heterocycles. The van der Waals surface area contributed by atoms with Crippen molar-refractivity contribution in [1.82, 2.24) is 14.5 Å². The van der Waals surface area contributed by atoms with Gasteiger partial charge in [0.2, 0.25) is 0 Å². The molecule has 2 N–H and O–H groups in total. The summed E-state index contributed by atoms with van der Waals surface area (Å²) in [6.45, 7) is 3.05. The Morgan fingerprint density at radius 3 is 2.85 bits per heavy atom. The molecular formula is C25H23ClN4O3S. The number of aliphatic hydroxyl groups excluding tert-OH is 1. The summed E-state index contributed by atoms with van der Waals surface area (Å²) in [6, 6.07) is 15.2. The van der Waals surface area contributed by atoms with Gasteiger partial charge in [0, 0.05) is 29.5 Å². The standard InChI is InChI=1S/C25H23ClN4O3S/c26-16-3-1-15(2-4-16)23-10-21-24(34-23)25(32)30(14-28-21)17-5-6-22-20(9-17)27-11-19(33-22)13-29-8-7-18(31)12-29/h1-6,9-10,14,18-19,27,31H,7-8,11-13H2/t18-,19?/m1/s1. The van der Waals surface area contributed by atoms with E-state index in [-0.39, 0.29) is 17.8 Å². The zero-order valence-electron chi connectivity index (χ0n) is 18.3. The van der Waals surface area contributed by atoms with E-state index in [2.05, 4.69) is 15.2 Å². The number of β-amino-alcohol motifs (C(OH)–C–C–N with tert-alkyl or cyclic N) is 1. The summed E-state index contributed by atoms with van der Waals surface area (Å²) >= 11 is 7.44. The van der Waals surface area contributed by atoms with Gasteiger partial charge in [-0.25, -0.2) is 4.98 Å². The molecule has 174 valence electrons. The van der Waals surface area contributed by atoms with Crippen LogP contribution in [0.15, 0.2) is 59.7 Å². The van der Waals surface area contributed by atoms with Crippen LogP contribution in [0.5, 0.6) is 5.75 Å². The number of aliphatic hydroxyl groups is 1. The van der Waals surface area contributed by atoms with Crippen molar-refractivity contribution < 1.29 is 9.84 Å². The van der Waals surface area contributed by atoms with Gasteiger partial charge in [-0.15, -0.1) is 11.3 Å². The summed E-state index contributed by atoms with van der Waals surface area (Å²) in [7, 11) is 0. The van der Waals surface area contributed by atoms with Gasteiger partial charge in [0.15, 0.2) is 0 Å². The average molecular weight is 495 g/mol. The predicted molar refractivity (Wildman–Crippen MR) is 136 cm³/mol. The van der Waals surface area contributed by atoms with E-state index >= 15 is 0 Å². The highest BCUT2D eigenvalue weighted by Gasteiger charge is 2.26. The van der Waals surface area contributed by atoms with E-state index in [9.17, 15) is 9.90 Å². The molecule has 9 heteroatoms. The fourth-order valence-corrected chi connectivity index (χ4v) is 5.75. The molecule has 2 aliphatic rings. The largest absolute Gasteiger partial charge is 0.485 e. The zero-order chi connectivity index (χ0) is 23.2. The summed E-state index contributed by atoms with van der Waals surface area (Å²) < 4.78 is 8.37. The molecule has 0 amide bonds. The van der Waals surface area contributed by atoms with Crippen molar-refractivity contribution in [3.63, 3.8) is 0 Å². The van der Waals surface area contributed by atoms with Crippen molar-refractivity contribution in [3.05, 3.63) is 70.2 Å². The molecule has 1 saturated heterocycles. The van der Waals surface area contributed by atoms with Crippen molar-refractivity contribution in [2.75, 3.05) is 31.5 Å². The number of ether oxygens (including phenoxy) is 1. The third kappa shape index (κ3) is 4.07. The van der Waals surface area contributed by atoms with E-state index in [1.807, 2.05) is 48.5 Å². The minimum atomic E-state index is -0.235. The molecule has 2 aromatic carbocycles. The molecular weight excluding hydrogens is 472 g/mol. The molecule has 2 atom stereocenters. The molecule has 2 aromatic heterocycles. The summed E-state index contributed by atoms with van der Waals surface area (Å²) in [5.74, 6) is 0.767. The lowest BCUT2D eigenvalue weighted by Gasteiger charge is -2.30. The first-order valence-corrected chi connectivity index (χ1v) is 12.5. The average Bonchev–Trinajstić information content (AvgIpc) is 3.46. The van der Waals surface area contributed by atoms with Crippen LogP contribution >= 0.6 is 22.9 Å². The maximum Gasteiger partial charge on any atom is 0.275 e. The Labute approximate surface area is 205 Å². The monoisotopic (exact) mass is 494 g/mol. The topological polar surface area (TPSA) is 79.6 Å². The quantitative estimate of drug-likeness (QED) is 0.446. The summed E-state index contributed by atoms with van der Waals surface area (Å²) in [5, 5.41) is 13.9. The van der Waals surface area contributed by atoms with E-state index < -0.39 is 0 Å². The van der Waals surface area contributed by atoms with Gasteiger partial charge < -0.3 is 15.2 Å². The summed E-state index contributed by atoms with van der Waals surface area (Å²) in [6.07, 6.45) is 2.18. The van der Waals surface area contributed by atoms with Gasteiger partial charge in [-0.05, 0) is 48.4 Å². The smallest absolute Gasteiger partial charge is 0.275 e. The van der Waals surface area contributed by atoms with Crippen LogP contribution in [0.1, 0.15) is 6.42 Å². The number of anilines is 1. The first kappa shape index (κ1) is 21.6. The second-order valence-electron chi connectivity index (χ2n) is 8.75. The predicted octanol–water partition coefficient (Wildman–Crippen LogP) is 4.01. The maximum atomic E-state index is 13.3. The second kappa shape index (κ2) is 8.70. The highest BCUT2D eigenvalue weighted by Crippen LogP contribution is 2.33. The van der Waals surface area contributed by atoms with Gasteiger partial charge >= 0.3 is 0 Å². The van der Waals surface area contributed by atoms with Crippen molar-refractivity contribution in [2.24, 2.45) is 0 Å². The number of aromatic nitrogens is 2. The van der Waals surface area contributed by atoms with Gasteiger partial charge in [0.1, 0.15) is 22.9 Å². The number of halogens is 1. The normalized spacial score (nSPS) is 20.2. The molecule has 0 bridgehead atoms. The van der Waals surface area contributed by atoms with Crippen LogP contribution in [0, 0.1) is 0 Å². The Morgan fingerprint density at radius 2 is 2.06 bits per heavy atom. The Bertz CT molecular complexity index is 1420. The Kier molecular flexibility index (Phi) is 5.53. The SMILES string of the molecule is O=c1c2sc(-c3ccc(Cl)cc3)cc2ncn1-c1ccc2c(c1)NCC(CN1CC[C@@H](O)C1)O2. The van der Waals surface area contributed by atoms with E-state index in [0.29, 0.717) is 28.3 Å². The fraction of sp³-hybridized carbons (Fsp3) is 0.280. The summed E-state index contributed by atoms with van der Waals surface area (Å²) in [4.78, 5) is 21.1.